The summed E-state index contributed by atoms with van der Waals surface area (Å²) < 4.78 is 31.8. The second-order valence-electron chi connectivity index (χ2n) is 5.35. The molecule has 0 bridgehead atoms. The molecule has 1 aromatic heterocycles. The van der Waals surface area contributed by atoms with Crippen molar-refractivity contribution in [3.8, 4) is 22.6 Å². The number of rotatable bonds is 5. The number of hydrogen-bond acceptors (Lipinski definition) is 4. The first kappa shape index (κ1) is 18.0. The Labute approximate surface area is 152 Å². The van der Waals surface area contributed by atoms with Gasteiger partial charge in [0.05, 0.1) is 11.6 Å². The molecule has 2 N–H and O–H groups in total. The molecule has 8 heteroatoms. The van der Waals surface area contributed by atoms with Gasteiger partial charge in [-0.05, 0) is 42.5 Å². The molecule has 1 heterocycles. The summed E-state index contributed by atoms with van der Waals surface area (Å²) >= 11 is 6.07. The van der Waals surface area contributed by atoms with Gasteiger partial charge in [0.1, 0.15) is 22.9 Å². The summed E-state index contributed by atoms with van der Waals surface area (Å²) in [5.74, 6) is -1.49. The van der Waals surface area contributed by atoms with Gasteiger partial charge in [0.25, 0.3) is 5.91 Å². The van der Waals surface area contributed by atoms with E-state index in [9.17, 15) is 13.6 Å². The van der Waals surface area contributed by atoms with Gasteiger partial charge < -0.3 is 14.9 Å². The highest BCUT2D eigenvalue weighted by molar-refractivity contribution is 6.33. The molecule has 0 fully saturated rings. The molecule has 2 aromatic carbocycles. The molecule has 0 saturated heterocycles. The summed E-state index contributed by atoms with van der Waals surface area (Å²) in [6, 6.07) is 8.99. The van der Waals surface area contributed by atoms with E-state index >= 15 is 0 Å². The zero-order valence-corrected chi connectivity index (χ0v) is 14.1. The van der Waals surface area contributed by atoms with Crippen LogP contribution in [-0.4, -0.2) is 29.3 Å². The van der Waals surface area contributed by atoms with Crippen LogP contribution in [0.5, 0.6) is 0 Å². The Morgan fingerprint density at radius 1 is 1.15 bits per heavy atom. The van der Waals surface area contributed by atoms with Crippen LogP contribution in [0, 0.1) is 11.6 Å². The van der Waals surface area contributed by atoms with Crippen LogP contribution in [0.4, 0.5) is 8.78 Å². The van der Waals surface area contributed by atoms with Crippen LogP contribution in [0.1, 0.15) is 10.4 Å². The van der Waals surface area contributed by atoms with Gasteiger partial charge in [-0.3, -0.25) is 4.79 Å². The third-order valence-electron chi connectivity index (χ3n) is 3.61. The molecule has 3 aromatic rings. The maximum atomic E-state index is 13.3. The Bertz CT molecular complexity index is 942. The van der Waals surface area contributed by atoms with E-state index in [1.54, 1.807) is 0 Å². The largest absolute Gasteiger partial charge is 0.395 e. The second kappa shape index (κ2) is 7.63. The molecular weight excluding hydrogens is 366 g/mol. The summed E-state index contributed by atoms with van der Waals surface area (Å²) in [6.07, 6.45) is 0. The second-order valence-corrected chi connectivity index (χ2v) is 5.75. The lowest BCUT2D eigenvalue weighted by molar-refractivity contribution is 0.0945. The average Bonchev–Trinajstić information content (AvgIpc) is 3.05. The molecule has 0 aliphatic rings. The number of amides is 1. The number of carbonyl (C=O) groups excluding carboxylic acids is 1. The van der Waals surface area contributed by atoms with E-state index in [2.05, 4.69) is 10.5 Å². The van der Waals surface area contributed by atoms with E-state index in [4.69, 9.17) is 21.2 Å². The van der Waals surface area contributed by atoms with Crippen molar-refractivity contribution >= 4 is 17.5 Å². The predicted molar refractivity (Wildman–Crippen MR) is 91.7 cm³/mol. The normalized spacial score (nSPS) is 10.8. The highest BCUT2D eigenvalue weighted by Crippen LogP contribution is 2.36. The van der Waals surface area contributed by atoms with Crippen LogP contribution in [0.2, 0.25) is 5.02 Å². The minimum Gasteiger partial charge on any atom is -0.395 e. The van der Waals surface area contributed by atoms with Gasteiger partial charge in [0.15, 0.2) is 5.76 Å². The van der Waals surface area contributed by atoms with E-state index < -0.39 is 17.5 Å². The van der Waals surface area contributed by atoms with Gasteiger partial charge in [-0.15, -0.1) is 0 Å². The van der Waals surface area contributed by atoms with Crippen molar-refractivity contribution in [3.63, 3.8) is 0 Å². The lowest BCUT2D eigenvalue weighted by Crippen LogP contribution is -2.27. The summed E-state index contributed by atoms with van der Waals surface area (Å²) in [7, 11) is 0. The maximum absolute atomic E-state index is 13.3. The number of aliphatic hydroxyl groups excluding tert-OH is 1. The molecule has 3 rings (SSSR count). The molecule has 0 unspecified atom stereocenters. The standard InChI is InChI=1S/C18H13ClF2N2O3/c19-14-9-12(21)5-6-13(14)17-15(18(25)22-7-8-24)16(23-26-17)10-1-3-11(20)4-2-10/h1-6,9,24H,7-8H2,(H,22,25). The number of aromatic nitrogens is 1. The van der Waals surface area contributed by atoms with Crippen molar-refractivity contribution in [2.75, 3.05) is 13.2 Å². The van der Waals surface area contributed by atoms with E-state index in [0.717, 1.165) is 6.07 Å². The molecule has 0 aliphatic heterocycles. The SMILES string of the molecule is O=C(NCCO)c1c(-c2ccc(F)cc2)noc1-c1ccc(F)cc1Cl. The van der Waals surface area contributed by atoms with Gasteiger partial charge in [-0.2, -0.15) is 0 Å². The van der Waals surface area contributed by atoms with Crippen LogP contribution < -0.4 is 5.32 Å². The Balaban J connectivity index is 2.15. The molecular formula is C18H13ClF2N2O3. The Morgan fingerprint density at radius 2 is 1.85 bits per heavy atom. The molecule has 134 valence electrons. The highest BCUT2D eigenvalue weighted by Gasteiger charge is 2.26. The molecule has 0 spiro atoms. The number of nitrogens with one attached hydrogen (secondary N) is 1. The van der Waals surface area contributed by atoms with Crippen molar-refractivity contribution in [1.82, 2.24) is 10.5 Å². The van der Waals surface area contributed by atoms with Crippen LogP contribution in [0.15, 0.2) is 47.0 Å². The van der Waals surface area contributed by atoms with Gasteiger partial charge in [0, 0.05) is 17.7 Å². The fourth-order valence-corrected chi connectivity index (χ4v) is 2.67. The fourth-order valence-electron chi connectivity index (χ4n) is 2.42. The van der Waals surface area contributed by atoms with Crippen LogP contribution in [0.3, 0.4) is 0 Å². The van der Waals surface area contributed by atoms with Gasteiger partial charge >= 0.3 is 0 Å². The molecule has 0 radical (unpaired) electrons. The minimum atomic E-state index is -0.560. The van der Waals surface area contributed by atoms with E-state index in [1.807, 2.05) is 0 Å². The molecule has 0 saturated carbocycles. The van der Waals surface area contributed by atoms with E-state index in [-0.39, 0.29) is 40.8 Å². The summed E-state index contributed by atoms with van der Waals surface area (Å²) in [4.78, 5) is 12.6. The minimum absolute atomic E-state index is 0.0173. The van der Waals surface area contributed by atoms with Crippen molar-refractivity contribution in [2.45, 2.75) is 0 Å². The molecule has 5 nitrogen and oxygen atoms in total. The number of nitrogens with zero attached hydrogens (tertiary/aromatic N) is 1. The van der Waals surface area contributed by atoms with Gasteiger partial charge in [0.2, 0.25) is 0 Å². The van der Waals surface area contributed by atoms with Gasteiger partial charge in [-0.25, -0.2) is 8.78 Å². The Hall–Kier alpha value is -2.77. The summed E-state index contributed by atoms with van der Waals surface area (Å²) in [5, 5.41) is 15.4. The average molecular weight is 379 g/mol. The number of halogens is 3. The zero-order valence-electron chi connectivity index (χ0n) is 13.3. The van der Waals surface area contributed by atoms with Gasteiger partial charge in [-0.1, -0.05) is 16.8 Å². The van der Waals surface area contributed by atoms with Crippen molar-refractivity contribution in [2.24, 2.45) is 0 Å². The molecule has 0 aliphatic carbocycles. The van der Waals surface area contributed by atoms with Crippen LogP contribution >= 0.6 is 11.6 Å². The first-order chi connectivity index (χ1) is 12.5. The monoisotopic (exact) mass is 378 g/mol. The number of benzene rings is 2. The van der Waals surface area contributed by atoms with E-state index in [0.29, 0.717) is 5.56 Å². The molecule has 0 atom stereocenters. The zero-order chi connectivity index (χ0) is 18.7. The number of hydrogen-bond donors (Lipinski definition) is 2. The summed E-state index contributed by atoms with van der Waals surface area (Å²) in [5.41, 5.74) is 0.964. The molecule has 1 amide bonds. The quantitative estimate of drug-likeness (QED) is 0.710. The topological polar surface area (TPSA) is 75.4 Å². The molecule has 26 heavy (non-hydrogen) atoms. The Morgan fingerprint density at radius 3 is 2.50 bits per heavy atom. The predicted octanol–water partition coefficient (Wildman–Crippen LogP) is 3.66. The van der Waals surface area contributed by atoms with Crippen LogP contribution in [0.25, 0.3) is 22.6 Å². The highest BCUT2D eigenvalue weighted by atomic mass is 35.5. The number of aliphatic hydroxyl groups is 1. The lowest BCUT2D eigenvalue weighted by atomic mass is 10.0. The van der Waals surface area contributed by atoms with Crippen molar-refractivity contribution < 1.29 is 23.2 Å². The maximum Gasteiger partial charge on any atom is 0.257 e. The fraction of sp³-hybridized carbons (Fsp3) is 0.111. The smallest absolute Gasteiger partial charge is 0.257 e. The van der Waals surface area contributed by atoms with Crippen molar-refractivity contribution in [3.05, 3.63) is 64.7 Å². The third-order valence-corrected chi connectivity index (χ3v) is 3.92. The van der Waals surface area contributed by atoms with Crippen LogP contribution in [-0.2, 0) is 0 Å². The first-order valence-electron chi connectivity index (χ1n) is 7.61. The Kier molecular flexibility index (Phi) is 5.29. The number of carbonyl (C=O) groups is 1. The lowest BCUT2D eigenvalue weighted by Gasteiger charge is -2.07. The van der Waals surface area contributed by atoms with Crippen molar-refractivity contribution in [1.29, 1.82) is 0 Å². The summed E-state index contributed by atoms with van der Waals surface area (Å²) in [6.45, 7) is -0.237. The third kappa shape index (κ3) is 3.58. The first-order valence-corrected chi connectivity index (χ1v) is 7.99. The van der Waals surface area contributed by atoms with E-state index in [1.165, 1.54) is 36.4 Å².